The first-order valence-corrected chi connectivity index (χ1v) is 20.5. The fourth-order valence-corrected chi connectivity index (χ4v) is 9.91. The number of rotatable bonds is 13. The normalized spacial score (nSPS) is 18.9. The molecule has 2 atom stereocenters. The molecule has 0 aromatic heterocycles. The Bertz CT molecular complexity index is 2100. The summed E-state index contributed by atoms with van der Waals surface area (Å²) in [6.07, 6.45) is 0.186. The number of hydrogen-bond donors (Lipinski definition) is 0. The Morgan fingerprint density at radius 3 is 2.05 bits per heavy atom. The minimum Gasteiger partial charge on any atom is -0.444 e. The van der Waals surface area contributed by atoms with E-state index in [0.29, 0.717) is 36.0 Å². The Kier molecular flexibility index (Phi) is 12.7. The topological polar surface area (TPSA) is 217 Å². The maximum Gasteiger partial charge on any atom is 0.410 e. The number of nitro benzene ring substituents is 2. The predicted octanol–water partition coefficient (Wildman–Crippen LogP) is 5.45. The number of nitrogens with zero attached hydrogens (tertiary/aromatic N) is 5. The van der Waals surface area contributed by atoms with Gasteiger partial charge in [-0.3, -0.25) is 29.9 Å². The number of sulfonamides is 2. The lowest BCUT2D eigenvalue weighted by atomic mass is 9.87. The molecule has 3 aromatic carbocycles. The average Bonchev–Trinajstić information content (AvgIpc) is 3.14. The van der Waals surface area contributed by atoms with E-state index in [9.17, 15) is 46.7 Å². The minimum atomic E-state index is -4.82. The molecule has 0 unspecified atom stereocenters. The van der Waals surface area contributed by atoms with E-state index >= 15 is 0 Å². The largest absolute Gasteiger partial charge is 0.444 e. The van der Waals surface area contributed by atoms with Crippen molar-refractivity contribution in [3.8, 4) is 0 Å². The number of para-hydroxylation sites is 1. The molecule has 2 aliphatic heterocycles. The van der Waals surface area contributed by atoms with Crippen LogP contribution in [0.4, 0.5) is 16.2 Å². The molecule has 0 aliphatic carbocycles. The second kappa shape index (κ2) is 16.9. The summed E-state index contributed by atoms with van der Waals surface area (Å²) in [5.74, 6) is -0.654. The Labute approximate surface area is 319 Å². The van der Waals surface area contributed by atoms with E-state index in [2.05, 4.69) is 0 Å². The van der Waals surface area contributed by atoms with Gasteiger partial charge in [0, 0.05) is 44.3 Å². The zero-order valence-corrected chi connectivity index (χ0v) is 32.2. The SMILES string of the molecule is CC(C)(C)OC(=O)N1CCC(CC(=O)[C@@H]2CC[C@@H](N(OCc3ccccc3)S(=O)(=O)c3ccc([N+](=O)[O-])cc3)CN2S(=O)(=O)c2ccccc2[N+](=O)[O-])CC1. The number of non-ortho nitro benzene ring substituents is 1. The van der Waals surface area contributed by atoms with Crippen LogP contribution in [0.2, 0.25) is 0 Å². The highest BCUT2D eigenvalue weighted by atomic mass is 32.2. The molecule has 1 amide bonds. The van der Waals surface area contributed by atoms with Crippen LogP contribution in [0.15, 0.2) is 88.7 Å². The summed E-state index contributed by atoms with van der Waals surface area (Å²) in [5.41, 5.74) is -1.18. The van der Waals surface area contributed by atoms with E-state index in [-0.39, 0.29) is 42.4 Å². The van der Waals surface area contributed by atoms with Crippen LogP contribution in [-0.4, -0.2) is 89.6 Å². The van der Waals surface area contributed by atoms with E-state index < -0.39 is 76.6 Å². The maximum atomic E-state index is 14.5. The summed E-state index contributed by atoms with van der Waals surface area (Å²) in [5, 5.41) is 23.3. The van der Waals surface area contributed by atoms with Crippen LogP contribution < -0.4 is 0 Å². The zero-order chi connectivity index (χ0) is 40.1. The standard InChI is InChI=1S/C36H43N5O12S2/c1-36(2,3)53-35(43)37-21-19-26(20-22-37)23-33(42)31-18-15-29(24-38(31)55(50,51)34-12-8-7-11-32(34)40(46)47)41(52-25-27-9-5-4-6-10-27)54(48,49)30-16-13-28(14-17-30)39(44)45/h4-14,16-17,26,29,31H,15,18-25H2,1-3H3/t29-,31+/m1/s1. The van der Waals surface area contributed by atoms with Gasteiger partial charge in [0.25, 0.3) is 31.4 Å². The van der Waals surface area contributed by atoms with E-state index in [1.54, 1.807) is 56.0 Å². The molecular formula is C36H43N5O12S2. The number of carbonyl (C=O) groups is 2. The average molecular weight is 802 g/mol. The minimum absolute atomic E-state index is 0.0442. The lowest BCUT2D eigenvalue weighted by molar-refractivity contribution is -0.387. The third kappa shape index (κ3) is 9.90. The van der Waals surface area contributed by atoms with Crippen molar-refractivity contribution in [2.75, 3.05) is 19.6 Å². The molecule has 2 aliphatic rings. The molecular weight excluding hydrogens is 759 g/mol. The number of hydroxylamine groups is 1. The van der Waals surface area contributed by atoms with Gasteiger partial charge in [-0.25, -0.2) is 21.6 Å². The van der Waals surface area contributed by atoms with E-state index in [4.69, 9.17) is 9.57 Å². The summed E-state index contributed by atoms with van der Waals surface area (Å²) in [6.45, 7) is 5.06. The zero-order valence-electron chi connectivity index (χ0n) is 30.6. The molecule has 17 nitrogen and oxygen atoms in total. The first kappa shape index (κ1) is 41.3. The molecule has 55 heavy (non-hydrogen) atoms. The van der Waals surface area contributed by atoms with Crippen LogP contribution in [0, 0.1) is 26.1 Å². The highest BCUT2D eigenvalue weighted by Gasteiger charge is 2.47. The van der Waals surface area contributed by atoms with Crippen LogP contribution in [0.3, 0.4) is 0 Å². The lowest BCUT2D eigenvalue weighted by Gasteiger charge is -2.41. The fourth-order valence-electron chi connectivity index (χ4n) is 6.63. The Morgan fingerprint density at radius 1 is 0.836 bits per heavy atom. The van der Waals surface area contributed by atoms with Crippen molar-refractivity contribution in [3.05, 3.63) is 105 Å². The van der Waals surface area contributed by atoms with Crippen molar-refractivity contribution in [2.45, 2.75) is 87.0 Å². The number of ketones is 1. The molecule has 296 valence electrons. The lowest BCUT2D eigenvalue weighted by Crippen LogP contribution is -2.57. The summed E-state index contributed by atoms with van der Waals surface area (Å²) < 4.78 is 64.3. The van der Waals surface area contributed by atoms with E-state index in [1.165, 1.54) is 12.1 Å². The number of ether oxygens (including phenoxy) is 1. The van der Waals surface area contributed by atoms with Crippen molar-refractivity contribution < 1.29 is 45.8 Å². The number of amides is 1. The monoisotopic (exact) mass is 801 g/mol. The number of piperidine rings is 2. The molecule has 2 saturated heterocycles. The van der Waals surface area contributed by atoms with Crippen LogP contribution in [0.1, 0.15) is 58.4 Å². The van der Waals surface area contributed by atoms with E-state index in [0.717, 1.165) is 40.7 Å². The first-order valence-electron chi connectivity index (χ1n) is 17.6. The first-order chi connectivity index (χ1) is 25.9. The summed E-state index contributed by atoms with van der Waals surface area (Å²) in [4.78, 5) is 54.9. The fraction of sp³-hybridized carbons (Fsp3) is 0.444. The predicted molar refractivity (Wildman–Crippen MR) is 197 cm³/mol. The van der Waals surface area contributed by atoms with Crippen LogP contribution in [-0.2, 0) is 41.0 Å². The number of benzene rings is 3. The number of carbonyl (C=O) groups excluding carboxylic acids is 2. The van der Waals surface area contributed by atoms with Gasteiger partial charge in [0.05, 0.1) is 33.4 Å². The van der Waals surface area contributed by atoms with Gasteiger partial charge in [-0.05, 0) is 76.1 Å². The Morgan fingerprint density at radius 2 is 1.45 bits per heavy atom. The summed E-state index contributed by atoms with van der Waals surface area (Å²) in [7, 11) is -9.44. The maximum absolute atomic E-state index is 14.5. The van der Waals surface area contributed by atoms with Crippen molar-refractivity contribution in [1.29, 1.82) is 0 Å². The number of nitro groups is 2. The van der Waals surface area contributed by atoms with Gasteiger partial charge < -0.3 is 9.64 Å². The third-order valence-corrected chi connectivity index (χ3v) is 13.0. The van der Waals surface area contributed by atoms with Crippen molar-refractivity contribution in [1.82, 2.24) is 13.7 Å². The quantitative estimate of drug-likeness (QED) is 0.156. The molecule has 2 heterocycles. The second-order valence-electron chi connectivity index (χ2n) is 14.4. The second-order valence-corrected chi connectivity index (χ2v) is 18.0. The van der Waals surface area contributed by atoms with E-state index in [1.807, 2.05) is 0 Å². The van der Waals surface area contributed by atoms with Gasteiger partial charge in [-0.2, -0.15) is 4.31 Å². The van der Waals surface area contributed by atoms with Crippen LogP contribution >= 0.6 is 0 Å². The van der Waals surface area contributed by atoms with Gasteiger partial charge in [0.1, 0.15) is 5.60 Å². The smallest absolute Gasteiger partial charge is 0.410 e. The third-order valence-electron chi connectivity index (χ3n) is 9.37. The van der Waals surface area contributed by atoms with Crippen molar-refractivity contribution >= 4 is 43.3 Å². The van der Waals surface area contributed by atoms with Gasteiger partial charge in [0.2, 0.25) is 0 Å². The highest BCUT2D eigenvalue weighted by Crippen LogP contribution is 2.36. The van der Waals surface area contributed by atoms with Crippen molar-refractivity contribution in [2.24, 2.45) is 5.92 Å². The number of hydrogen-bond acceptors (Lipinski definition) is 12. The van der Waals surface area contributed by atoms with Gasteiger partial charge in [-0.15, -0.1) is 0 Å². The molecule has 5 rings (SSSR count). The van der Waals surface area contributed by atoms with Crippen molar-refractivity contribution in [3.63, 3.8) is 0 Å². The van der Waals surface area contributed by atoms with Gasteiger partial charge >= 0.3 is 6.09 Å². The van der Waals surface area contributed by atoms with Gasteiger partial charge in [0.15, 0.2) is 10.7 Å². The van der Waals surface area contributed by atoms with Crippen LogP contribution in [0.5, 0.6) is 0 Å². The number of likely N-dealkylation sites (tertiary alicyclic amines) is 1. The Balaban J connectivity index is 1.47. The highest BCUT2D eigenvalue weighted by molar-refractivity contribution is 7.89. The molecule has 0 N–H and O–H groups in total. The van der Waals surface area contributed by atoms with Crippen LogP contribution in [0.25, 0.3) is 0 Å². The van der Waals surface area contributed by atoms with Gasteiger partial charge in [-0.1, -0.05) is 46.9 Å². The Hall–Kier alpha value is -4.82. The number of Topliss-reactive ketones (excluding diaryl/α,β-unsaturated/α-hetero) is 1. The molecule has 0 radical (unpaired) electrons. The molecule has 0 saturated carbocycles. The molecule has 19 heteroatoms. The molecule has 0 spiro atoms. The molecule has 0 bridgehead atoms. The summed E-state index contributed by atoms with van der Waals surface area (Å²) in [6, 6.07) is 14.8. The molecule has 2 fully saturated rings. The summed E-state index contributed by atoms with van der Waals surface area (Å²) >= 11 is 0. The molecule has 3 aromatic rings.